The Balaban J connectivity index is 1.53. The number of thiophene rings is 1. The number of nitrogens with two attached hydrogens (primary N) is 2. The molecule has 4 rings (SSSR count). The molecule has 1 aliphatic heterocycles. The van der Waals surface area contributed by atoms with E-state index in [-0.39, 0.29) is 11.4 Å². The summed E-state index contributed by atoms with van der Waals surface area (Å²) in [4.78, 5) is 13.8. The van der Waals surface area contributed by atoms with Crippen LogP contribution < -0.4 is 22.1 Å². The number of carbonyl (C=O) groups is 1. The lowest BCUT2D eigenvalue weighted by molar-refractivity contribution is 0.102. The molecule has 27 heavy (non-hydrogen) atoms. The molecule has 0 spiro atoms. The predicted octanol–water partition coefficient (Wildman–Crippen LogP) is 3.40. The Morgan fingerprint density at radius 1 is 1.15 bits per heavy atom. The molecule has 1 aliphatic rings. The normalized spacial score (nSPS) is 19.1. The minimum atomic E-state index is -0.353. The van der Waals surface area contributed by atoms with E-state index in [9.17, 15) is 4.79 Å². The minimum absolute atomic E-state index is 0.188. The van der Waals surface area contributed by atoms with E-state index in [1.165, 1.54) is 0 Å². The van der Waals surface area contributed by atoms with Gasteiger partial charge in [0, 0.05) is 17.0 Å². The summed E-state index contributed by atoms with van der Waals surface area (Å²) in [6.45, 7) is 1.67. The largest absolute Gasteiger partial charge is 0.397 e. The fraction of sp³-hybridized carbons (Fsp3) is 0.190. The maximum absolute atomic E-state index is 12.7. The Morgan fingerprint density at radius 3 is 2.63 bits per heavy atom. The summed E-state index contributed by atoms with van der Waals surface area (Å²) in [6, 6.07) is 17.2. The summed E-state index contributed by atoms with van der Waals surface area (Å²) in [7, 11) is 0. The van der Waals surface area contributed by atoms with Crippen molar-refractivity contribution in [1.29, 1.82) is 0 Å². The zero-order valence-corrected chi connectivity index (χ0v) is 15.7. The average molecular weight is 379 g/mol. The van der Waals surface area contributed by atoms with E-state index in [0.29, 0.717) is 16.9 Å². The van der Waals surface area contributed by atoms with Gasteiger partial charge >= 0.3 is 0 Å². The maximum Gasteiger partial charge on any atom is 0.255 e. The molecule has 2 heterocycles. The van der Waals surface area contributed by atoms with E-state index in [0.717, 1.165) is 35.5 Å². The quantitative estimate of drug-likeness (QED) is 0.524. The third kappa shape index (κ3) is 3.60. The molecule has 1 atom stereocenters. The maximum atomic E-state index is 12.7. The molecule has 1 aromatic heterocycles. The van der Waals surface area contributed by atoms with Gasteiger partial charge in [-0.2, -0.15) is 0 Å². The predicted molar refractivity (Wildman–Crippen MR) is 112 cm³/mol. The Hall–Kier alpha value is -2.67. The van der Waals surface area contributed by atoms with Gasteiger partial charge in [0.1, 0.15) is 0 Å². The fourth-order valence-corrected chi connectivity index (χ4v) is 4.09. The number of anilines is 2. The summed E-state index contributed by atoms with van der Waals surface area (Å²) < 4.78 is 0. The van der Waals surface area contributed by atoms with Crippen LogP contribution in [0, 0.1) is 0 Å². The van der Waals surface area contributed by atoms with Crippen LogP contribution >= 0.6 is 11.3 Å². The van der Waals surface area contributed by atoms with Gasteiger partial charge in [0.2, 0.25) is 0 Å². The van der Waals surface area contributed by atoms with E-state index in [2.05, 4.69) is 10.6 Å². The fourth-order valence-electron chi connectivity index (χ4n) is 3.37. The molecule has 5 nitrogen and oxygen atoms in total. The molecule has 2 aromatic carbocycles. The van der Waals surface area contributed by atoms with Crippen LogP contribution in [0.15, 0.2) is 60.0 Å². The molecule has 0 aliphatic carbocycles. The van der Waals surface area contributed by atoms with Crippen molar-refractivity contribution in [2.45, 2.75) is 12.0 Å². The molecule has 0 bridgehead atoms. The highest BCUT2D eigenvalue weighted by atomic mass is 32.1. The van der Waals surface area contributed by atoms with E-state index < -0.39 is 0 Å². The van der Waals surface area contributed by atoms with Gasteiger partial charge in [0.15, 0.2) is 0 Å². The standard InChI is InChI=1S/C21H22N4OS/c22-17-8-5-15(19-2-1-11-27-19)12-18(17)25-20(26)14-3-6-16(7-4-14)21(23)9-10-24-13-21/h1-8,11-12,24H,9-10,13,22-23H2,(H,25,26). The molecule has 6 heteroatoms. The highest BCUT2D eigenvalue weighted by Crippen LogP contribution is 2.30. The summed E-state index contributed by atoms with van der Waals surface area (Å²) in [5.41, 5.74) is 16.0. The van der Waals surface area contributed by atoms with Gasteiger partial charge in [-0.3, -0.25) is 4.79 Å². The second-order valence-corrected chi connectivity index (χ2v) is 7.84. The van der Waals surface area contributed by atoms with Gasteiger partial charge in [-0.25, -0.2) is 0 Å². The van der Waals surface area contributed by atoms with Crippen molar-refractivity contribution in [3.63, 3.8) is 0 Å². The van der Waals surface area contributed by atoms with Crippen molar-refractivity contribution >= 4 is 28.6 Å². The zero-order chi connectivity index (χ0) is 18.9. The van der Waals surface area contributed by atoms with E-state index >= 15 is 0 Å². The van der Waals surface area contributed by atoms with Crippen molar-refractivity contribution in [3.8, 4) is 10.4 Å². The van der Waals surface area contributed by atoms with Gasteiger partial charge in [-0.1, -0.05) is 24.3 Å². The first kappa shape index (κ1) is 17.7. The van der Waals surface area contributed by atoms with Gasteiger partial charge in [0.05, 0.1) is 16.9 Å². The van der Waals surface area contributed by atoms with E-state index in [1.807, 2.05) is 60.0 Å². The summed E-state index contributed by atoms with van der Waals surface area (Å²) in [5, 5.41) is 8.23. The van der Waals surface area contributed by atoms with Crippen LogP contribution in [0.25, 0.3) is 10.4 Å². The Morgan fingerprint density at radius 2 is 1.96 bits per heavy atom. The van der Waals surface area contributed by atoms with Gasteiger partial charge < -0.3 is 22.1 Å². The van der Waals surface area contributed by atoms with Gasteiger partial charge in [0.25, 0.3) is 5.91 Å². The van der Waals surface area contributed by atoms with Crippen LogP contribution in [0.2, 0.25) is 0 Å². The third-order valence-electron chi connectivity index (χ3n) is 5.02. The molecule has 1 saturated heterocycles. The van der Waals surface area contributed by atoms with Gasteiger partial charge in [-0.05, 0) is 59.8 Å². The lowest BCUT2D eigenvalue weighted by Gasteiger charge is -2.23. The molecular weight excluding hydrogens is 356 g/mol. The smallest absolute Gasteiger partial charge is 0.255 e. The van der Waals surface area contributed by atoms with Crippen LogP contribution in [0.1, 0.15) is 22.3 Å². The lowest BCUT2D eigenvalue weighted by Crippen LogP contribution is -2.38. The van der Waals surface area contributed by atoms with Crippen molar-refractivity contribution < 1.29 is 4.79 Å². The number of carbonyl (C=O) groups excluding carboxylic acids is 1. The zero-order valence-electron chi connectivity index (χ0n) is 14.9. The minimum Gasteiger partial charge on any atom is -0.397 e. The monoisotopic (exact) mass is 378 g/mol. The Bertz CT molecular complexity index is 945. The number of hydrogen-bond donors (Lipinski definition) is 4. The Kier molecular flexibility index (Phi) is 4.70. The van der Waals surface area contributed by atoms with Crippen LogP contribution in [0.5, 0.6) is 0 Å². The Labute approximate surface area is 162 Å². The molecular formula is C21H22N4OS. The second kappa shape index (κ2) is 7.15. The molecule has 1 unspecified atom stereocenters. The number of nitrogen functional groups attached to an aromatic ring is 1. The van der Waals surface area contributed by atoms with Crippen molar-refractivity contribution in [1.82, 2.24) is 5.32 Å². The topological polar surface area (TPSA) is 93.2 Å². The highest BCUT2D eigenvalue weighted by molar-refractivity contribution is 7.13. The first-order chi connectivity index (χ1) is 13.0. The SMILES string of the molecule is Nc1ccc(-c2cccs2)cc1NC(=O)c1ccc(C2(N)CCNC2)cc1. The molecule has 1 amide bonds. The number of nitrogens with one attached hydrogen (secondary N) is 2. The van der Waals surface area contributed by atoms with Crippen molar-refractivity contribution in [3.05, 3.63) is 71.1 Å². The van der Waals surface area contributed by atoms with Crippen LogP contribution in [0.3, 0.4) is 0 Å². The molecule has 6 N–H and O–H groups in total. The second-order valence-electron chi connectivity index (χ2n) is 6.89. The van der Waals surface area contributed by atoms with Gasteiger partial charge in [-0.15, -0.1) is 11.3 Å². The molecule has 138 valence electrons. The first-order valence-corrected chi connectivity index (χ1v) is 9.78. The number of rotatable bonds is 4. The number of benzene rings is 2. The molecule has 1 fully saturated rings. The van der Waals surface area contributed by atoms with Crippen molar-refractivity contribution in [2.75, 3.05) is 24.1 Å². The number of amides is 1. The van der Waals surface area contributed by atoms with E-state index in [4.69, 9.17) is 11.5 Å². The number of hydrogen-bond acceptors (Lipinski definition) is 5. The summed E-state index contributed by atoms with van der Waals surface area (Å²) >= 11 is 1.65. The third-order valence-corrected chi connectivity index (χ3v) is 5.94. The van der Waals surface area contributed by atoms with Crippen LogP contribution in [-0.2, 0) is 5.54 Å². The molecule has 3 aromatic rings. The summed E-state index contributed by atoms with van der Waals surface area (Å²) in [6.07, 6.45) is 0.893. The highest BCUT2D eigenvalue weighted by Gasteiger charge is 2.31. The van der Waals surface area contributed by atoms with Crippen molar-refractivity contribution in [2.24, 2.45) is 5.73 Å². The lowest BCUT2D eigenvalue weighted by atomic mass is 9.89. The summed E-state index contributed by atoms with van der Waals surface area (Å²) in [5.74, 6) is -0.188. The van der Waals surface area contributed by atoms with Crippen LogP contribution in [0.4, 0.5) is 11.4 Å². The first-order valence-electron chi connectivity index (χ1n) is 8.90. The van der Waals surface area contributed by atoms with E-state index in [1.54, 1.807) is 11.3 Å². The molecule has 0 saturated carbocycles. The average Bonchev–Trinajstić information content (AvgIpc) is 3.36. The van der Waals surface area contributed by atoms with Crippen LogP contribution in [-0.4, -0.2) is 19.0 Å². The molecule has 0 radical (unpaired) electrons.